The number of imidazole rings is 1. The molecule has 4 heteroatoms. The van der Waals surface area contributed by atoms with Gasteiger partial charge in [-0.3, -0.25) is 0 Å². The zero-order valence-corrected chi connectivity index (χ0v) is 10.5. The summed E-state index contributed by atoms with van der Waals surface area (Å²) in [5.41, 5.74) is 7.73. The molecule has 2 aromatic rings. The Hall–Kier alpha value is -1.32. The van der Waals surface area contributed by atoms with E-state index in [0.717, 1.165) is 28.5 Å². The van der Waals surface area contributed by atoms with Gasteiger partial charge in [0.25, 0.3) is 0 Å². The Morgan fingerprint density at radius 2 is 2.29 bits per heavy atom. The number of rotatable bonds is 4. The van der Waals surface area contributed by atoms with Crippen molar-refractivity contribution in [1.82, 2.24) is 9.97 Å². The van der Waals surface area contributed by atoms with Crippen molar-refractivity contribution in [2.24, 2.45) is 5.73 Å². The zero-order chi connectivity index (χ0) is 12.3. The van der Waals surface area contributed by atoms with Crippen molar-refractivity contribution >= 4 is 11.6 Å². The number of nitrogens with two attached hydrogens (primary N) is 1. The van der Waals surface area contributed by atoms with Gasteiger partial charge in [-0.15, -0.1) is 0 Å². The fourth-order valence-corrected chi connectivity index (χ4v) is 2.01. The number of H-pyrrole nitrogens is 1. The van der Waals surface area contributed by atoms with Crippen molar-refractivity contribution in [3.63, 3.8) is 0 Å². The maximum Gasteiger partial charge on any atom is 0.110 e. The van der Waals surface area contributed by atoms with E-state index in [2.05, 4.69) is 16.9 Å². The summed E-state index contributed by atoms with van der Waals surface area (Å²) >= 11 is 5.96. The monoisotopic (exact) mass is 249 g/mol. The molecule has 3 N–H and O–H groups in total. The summed E-state index contributed by atoms with van der Waals surface area (Å²) < 4.78 is 0. The minimum Gasteiger partial charge on any atom is -0.342 e. The molecule has 0 saturated carbocycles. The molecule has 0 fully saturated rings. The largest absolute Gasteiger partial charge is 0.342 e. The van der Waals surface area contributed by atoms with E-state index < -0.39 is 0 Å². The molecule has 0 bridgehead atoms. The molecule has 17 heavy (non-hydrogen) atoms. The lowest BCUT2D eigenvalue weighted by molar-refractivity contribution is 0.639. The number of nitrogens with zero attached hydrogens (tertiary/aromatic N) is 1. The molecule has 1 atom stereocenters. The summed E-state index contributed by atoms with van der Waals surface area (Å²) in [6.45, 7) is 2.72. The maximum atomic E-state index is 5.96. The normalized spacial score (nSPS) is 12.6. The Labute approximate surface area is 106 Å². The van der Waals surface area contributed by atoms with E-state index in [4.69, 9.17) is 17.3 Å². The fraction of sp³-hybridized carbons (Fsp3) is 0.308. The Morgan fingerprint density at radius 3 is 2.94 bits per heavy atom. The fourth-order valence-electron chi connectivity index (χ4n) is 1.82. The van der Waals surface area contributed by atoms with Gasteiger partial charge < -0.3 is 10.7 Å². The summed E-state index contributed by atoms with van der Waals surface area (Å²) in [7, 11) is 0. The lowest BCUT2D eigenvalue weighted by atomic mass is 10.1. The third kappa shape index (κ3) is 2.68. The highest BCUT2D eigenvalue weighted by Crippen LogP contribution is 2.23. The van der Waals surface area contributed by atoms with Crippen LogP contribution in [-0.2, 0) is 0 Å². The predicted molar refractivity (Wildman–Crippen MR) is 71.1 cm³/mol. The van der Waals surface area contributed by atoms with E-state index in [1.807, 2.05) is 30.5 Å². The highest BCUT2D eigenvalue weighted by Gasteiger charge is 2.11. The van der Waals surface area contributed by atoms with Crippen molar-refractivity contribution in [3.8, 4) is 11.3 Å². The topological polar surface area (TPSA) is 54.7 Å². The van der Waals surface area contributed by atoms with Gasteiger partial charge in [-0.1, -0.05) is 30.7 Å². The number of aromatic amines is 1. The number of benzene rings is 1. The Kier molecular flexibility index (Phi) is 3.82. The average molecular weight is 250 g/mol. The molecule has 1 aromatic heterocycles. The SMILES string of the molecule is CCC(CN)c1ncc(-c2cccc(Cl)c2)[nH]1. The van der Waals surface area contributed by atoms with E-state index in [1.165, 1.54) is 0 Å². The van der Waals surface area contributed by atoms with E-state index in [0.29, 0.717) is 12.5 Å². The van der Waals surface area contributed by atoms with Crippen molar-refractivity contribution in [2.75, 3.05) is 6.54 Å². The van der Waals surface area contributed by atoms with Gasteiger partial charge in [0.1, 0.15) is 5.82 Å². The molecule has 0 aliphatic heterocycles. The molecular formula is C13H16ClN3. The van der Waals surface area contributed by atoms with Crippen molar-refractivity contribution in [3.05, 3.63) is 41.3 Å². The highest BCUT2D eigenvalue weighted by atomic mass is 35.5. The van der Waals surface area contributed by atoms with Gasteiger partial charge >= 0.3 is 0 Å². The lowest BCUT2D eigenvalue weighted by Gasteiger charge is -2.07. The first kappa shape index (κ1) is 12.1. The van der Waals surface area contributed by atoms with E-state index >= 15 is 0 Å². The number of aromatic nitrogens is 2. The van der Waals surface area contributed by atoms with E-state index in [1.54, 1.807) is 0 Å². The highest BCUT2D eigenvalue weighted by molar-refractivity contribution is 6.30. The summed E-state index contributed by atoms with van der Waals surface area (Å²) in [4.78, 5) is 7.69. The number of hydrogen-bond donors (Lipinski definition) is 2. The van der Waals surface area contributed by atoms with Gasteiger partial charge in [-0.2, -0.15) is 0 Å². The lowest BCUT2D eigenvalue weighted by Crippen LogP contribution is -2.12. The zero-order valence-electron chi connectivity index (χ0n) is 9.78. The van der Waals surface area contributed by atoms with Crippen LogP contribution in [0.15, 0.2) is 30.5 Å². The van der Waals surface area contributed by atoms with Crippen LogP contribution in [0.25, 0.3) is 11.3 Å². The molecule has 0 aliphatic rings. The molecule has 1 unspecified atom stereocenters. The Balaban J connectivity index is 2.29. The third-order valence-electron chi connectivity index (χ3n) is 2.90. The smallest absolute Gasteiger partial charge is 0.110 e. The standard InChI is InChI=1S/C13H16ClN3/c1-2-9(7-15)13-16-8-12(17-13)10-4-3-5-11(14)6-10/h3-6,8-9H,2,7,15H2,1H3,(H,16,17). The first-order valence-corrected chi connectivity index (χ1v) is 6.13. The predicted octanol–water partition coefficient (Wildman–Crippen LogP) is 3.18. The summed E-state index contributed by atoms with van der Waals surface area (Å²) in [5, 5.41) is 0.726. The van der Waals surface area contributed by atoms with Crippen LogP contribution in [0.3, 0.4) is 0 Å². The Morgan fingerprint density at radius 1 is 1.47 bits per heavy atom. The van der Waals surface area contributed by atoms with Crippen LogP contribution in [0.1, 0.15) is 25.1 Å². The van der Waals surface area contributed by atoms with Crippen LogP contribution in [0.2, 0.25) is 5.02 Å². The first-order chi connectivity index (χ1) is 8.24. The second kappa shape index (κ2) is 5.34. The molecule has 0 saturated heterocycles. The molecule has 0 aliphatic carbocycles. The average Bonchev–Trinajstić information content (AvgIpc) is 2.80. The second-order valence-electron chi connectivity index (χ2n) is 4.03. The van der Waals surface area contributed by atoms with Crippen LogP contribution in [-0.4, -0.2) is 16.5 Å². The van der Waals surface area contributed by atoms with Gasteiger partial charge in [0.05, 0.1) is 11.9 Å². The first-order valence-electron chi connectivity index (χ1n) is 5.75. The molecule has 0 radical (unpaired) electrons. The number of hydrogen-bond acceptors (Lipinski definition) is 2. The minimum absolute atomic E-state index is 0.294. The molecule has 2 rings (SSSR count). The minimum atomic E-state index is 0.294. The quantitative estimate of drug-likeness (QED) is 0.874. The van der Waals surface area contributed by atoms with Gasteiger partial charge in [0, 0.05) is 23.0 Å². The molecule has 1 aromatic carbocycles. The van der Waals surface area contributed by atoms with Crippen molar-refractivity contribution < 1.29 is 0 Å². The van der Waals surface area contributed by atoms with E-state index in [9.17, 15) is 0 Å². The van der Waals surface area contributed by atoms with Crippen molar-refractivity contribution in [1.29, 1.82) is 0 Å². The van der Waals surface area contributed by atoms with Gasteiger partial charge in [-0.25, -0.2) is 4.98 Å². The molecule has 3 nitrogen and oxygen atoms in total. The number of halogens is 1. The van der Waals surface area contributed by atoms with Crippen LogP contribution in [0.5, 0.6) is 0 Å². The van der Waals surface area contributed by atoms with Crippen LogP contribution in [0.4, 0.5) is 0 Å². The Bertz CT molecular complexity index is 489. The summed E-state index contributed by atoms with van der Waals surface area (Å²) in [6, 6.07) is 7.71. The van der Waals surface area contributed by atoms with Crippen LogP contribution < -0.4 is 5.73 Å². The number of nitrogens with one attached hydrogen (secondary N) is 1. The molecule has 1 heterocycles. The summed E-state index contributed by atoms with van der Waals surface area (Å²) in [5.74, 6) is 1.24. The molecule has 0 spiro atoms. The summed E-state index contributed by atoms with van der Waals surface area (Å²) in [6.07, 6.45) is 2.82. The van der Waals surface area contributed by atoms with Gasteiger partial charge in [0.2, 0.25) is 0 Å². The molecular weight excluding hydrogens is 234 g/mol. The molecule has 0 amide bonds. The van der Waals surface area contributed by atoms with E-state index in [-0.39, 0.29) is 0 Å². The van der Waals surface area contributed by atoms with Gasteiger partial charge in [0.15, 0.2) is 0 Å². The maximum absolute atomic E-state index is 5.96. The van der Waals surface area contributed by atoms with Crippen LogP contribution in [0, 0.1) is 0 Å². The third-order valence-corrected chi connectivity index (χ3v) is 3.13. The van der Waals surface area contributed by atoms with Crippen molar-refractivity contribution in [2.45, 2.75) is 19.3 Å². The van der Waals surface area contributed by atoms with Gasteiger partial charge in [-0.05, 0) is 18.6 Å². The molecule has 90 valence electrons. The second-order valence-corrected chi connectivity index (χ2v) is 4.47. The van der Waals surface area contributed by atoms with Crippen LogP contribution >= 0.6 is 11.6 Å².